The molecule has 0 aromatic rings. The van der Waals surface area contributed by atoms with Crippen LogP contribution in [0.4, 0.5) is 0 Å². The monoisotopic (exact) mass is 667 g/mol. The molecule has 0 bridgehead atoms. The number of aliphatic hydroxyl groups excluding tert-OH is 3. The number of ketones is 1. The van der Waals surface area contributed by atoms with E-state index in [0.29, 0.717) is 19.3 Å². The quantitative estimate of drug-likeness (QED) is 0.260. The van der Waals surface area contributed by atoms with Crippen molar-refractivity contribution in [2.75, 3.05) is 40.3 Å². The summed E-state index contributed by atoms with van der Waals surface area (Å²) in [4.78, 5) is 30.9. The molecule has 0 amide bonds. The third-order valence-corrected chi connectivity index (χ3v) is 10.5. The van der Waals surface area contributed by atoms with E-state index in [0.717, 1.165) is 38.0 Å². The highest BCUT2D eigenvalue weighted by molar-refractivity contribution is 5.91. The van der Waals surface area contributed by atoms with Crippen LogP contribution in [0.2, 0.25) is 0 Å². The molecule has 12 atom stereocenters. The minimum absolute atomic E-state index is 0.0360. The summed E-state index contributed by atoms with van der Waals surface area (Å²) in [5.74, 6) is -2.23. The van der Waals surface area contributed by atoms with Crippen LogP contribution in [0.15, 0.2) is 23.8 Å². The van der Waals surface area contributed by atoms with Gasteiger partial charge < -0.3 is 39.5 Å². The first-order valence-corrected chi connectivity index (χ1v) is 17.7. The van der Waals surface area contributed by atoms with Gasteiger partial charge in [-0.2, -0.15) is 0 Å². The maximum atomic E-state index is 13.5. The van der Waals surface area contributed by atoms with Crippen LogP contribution in [-0.4, -0.2) is 131 Å². The number of allylic oxidation sites excluding steroid dienone is 3. The van der Waals surface area contributed by atoms with Crippen LogP contribution in [-0.2, 0) is 23.8 Å². The van der Waals surface area contributed by atoms with Crippen molar-refractivity contribution >= 4 is 11.8 Å². The summed E-state index contributed by atoms with van der Waals surface area (Å²) in [5.41, 5.74) is 0.781. The van der Waals surface area contributed by atoms with E-state index in [-0.39, 0.29) is 30.6 Å². The van der Waals surface area contributed by atoms with Gasteiger partial charge in [0.1, 0.15) is 24.4 Å². The van der Waals surface area contributed by atoms with E-state index in [1.807, 2.05) is 52.8 Å². The lowest BCUT2D eigenvalue weighted by Gasteiger charge is -2.45. The molecule has 0 aromatic heterocycles. The zero-order valence-electron chi connectivity index (χ0n) is 29.7. The molecule has 0 aromatic carbocycles. The number of esters is 1. The van der Waals surface area contributed by atoms with Crippen molar-refractivity contribution in [1.82, 2.24) is 9.80 Å². The Balaban J connectivity index is 2.02. The number of rotatable bonds is 8. The van der Waals surface area contributed by atoms with E-state index in [1.165, 1.54) is 6.42 Å². The molecule has 12 unspecified atom stereocenters. The number of ether oxygens (including phenoxy) is 3. The molecule has 11 nitrogen and oxygen atoms in total. The standard InChI is InChI=1S/C36H62N2O9/c1-8-30-27(21-39)18-22(2)12-13-28(40)23(3)19-26(14-17-38-15-10-9-11-16-38)35(24(4)29(41)20-31(42)46-30)47-36-34(44)32(37(6)7)33(43)25(5)45-36/h12-13,18,23-27,29-30,32-36,39,41,43-44H,8-11,14-17,19-21H2,1-7H3/p+1/b13-12+,22-18+. The highest BCUT2D eigenvalue weighted by atomic mass is 16.7. The van der Waals surface area contributed by atoms with Gasteiger partial charge in [-0.1, -0.05) is 44.9 Å². The SMILES string of the molecule is CCC1OC(=O)CC(O)C(C)C(OC2OC(C)C([OH2+])C(N(C)C)C2O)C(CCN2CCCCC2)CC(C)C(=O)/C=C/C(C)=C/C1CO. The van der Waals surface area contributed by atoms with Crippen molar-refractivity contribution in [3.8, 4) is 0 Å². The van der Waals surface area contributed by atoms with Crippen LogP contribution in [0.3, 0.4) is 0 Å². The average Bonchev–Trinajstić information content (AvgIpc) is 3.04. The maximum Gasteiger partial charge on any atom is 0.308 e. The number of likely N-dealkylation sites (N-methyl/N-ethyl adjacent to an activating group) is 1. The first kappa shape index (κ1) is 39.7. The number of piperidine rings is 1. The predicted molar refractivity (Wildman–Crippen MR) is 181 cm³/mol. The topological polar surface area (TPSA) is 152 Å². The summed E-state index contributed by atoms with van der Waals surface area (Å²) < 4.78 is 18.6. The molecule has 0 spiro atoms. The number of likely N-dealkylation sites (tertiary alicyclic amines) is 1. The summed E-state index contributed by atoms with van der Waals surface area (Å²) in [6.45, 7) is 11.8. The van der Waals surface area contributed by atoms with Crippen LogP contribution in [0.5, 0.6) is 0 Å². The van der Waals surface area contributed by atoms with Gasteiger partial charge in [0.2, 0.25) is 0 Å². The first-order valence-electron chi connectivity index (χ1n) is 17.7. The van der Waals surface area contributed by atoms with Gasteiger partial charge in [0.15, 0.2) is 18.2 Å². The van der Waals surface area contributed by atoms with Crippen molar-refractivity contribution < 1.29 is 44.2 Å². The molecule has 3 rings (SSSR count). The zero-order chi connectivity index (χ0) is 34.8. The van der Waals surface area contributed by atoms with Gasteiger partial charge in [-0.05, 0) is 91.7 Å². The molecule has 3 aliphatic rings. The van der Waals surface area contributed by atoms with Crippen molar-refractivity contribution in [2.45, 2.75) is 129 Å². The Morgan fingerprint density at radius 2 is 1.77 bits per heavy atom. The van der Waals surface area contributed by atoms with Gasteiger partial charge >= 0.3 is 5.97 Å². The molecule has 11 heteroatoms. The maximum absolute atomic E-state index is 13.5. The van der Waals surface area contributed by atoms with Crippen LogP contribution in [0, 0.1) is 23.7 Å². The Morgan fingerprint density at radius 1 is 1.09 bits per heavy atom. The van der Waals surface area contributed by atoms with Crippen LogP contribution >= 0.6 is 0 Å². The van der Waals surface area contributed by atoms with Gasteiger partial charge in [-0.25, -0.2) is 0 Å². The molecule has 2 fully saturated rings. The summed E-state index contributed by atoms with van der Waals surface area (Å²) in [5, 5.41) is 41.7. The van der Waals surface area contributed by atoms with Crippen molar-refractivity contribution in [3.63, 3.8) is 0 Å². The summed E-state index contributed by atoms with van der Waals surface area (Å²) in [7, 11) is 3.64. The van der Waals surface area contributed by atoms with E-state index >= 15 is 0 Å². The van der Waals surface area contributed by atoms with Crippen LogP contribution in [0.25, 0.3) is 0 Å². The van der Waals surface area contributed by atoms with Gasteiger partial charge in [-0.15, -0.1) is 0 Å². The summed E-state index contributed by atoms with van der Waals surface area (Å²) in [6, 6.07) is -0.538. The number of cyclic esters (lactones) is 1. The highest BCUT2D eigenvalue weighted by Crippen LogP contribution is 2.35. The van der Waals surface area contributed by atoms with Crippen LogP contribution < -0.4 is 0 Å². The molecule has 5 N–H and O–H groups in total. The molecule has 3 heterocycles. The summed E-state index contributed by atoms with van der Waals surface area (Å²) in [6.07, 6.45) is 4.19. The van der Waals surface area contributed by atoms with Gasteiger partial charge in [0.05, 0.1) is 25.2 Å². The zero-order valence-corrected chi connectivity index (χ0v) is 29.7. The molecule has 0 aliphatic carbocycles. The Bertz CT molecular complexity index is 1050. The second-order valence-corrected chi connectivity index (χ2v) is 14.4. The predicted octanol–water partition coefficient (Wildman–Crippen LogP) is 2.42. The van der Waals surface area contributed by atoms with E-state index in [2.05, 4.69) is 4.90 Å². The molecule has 270 valence electrons. The van der Waals surface area contributed by atoms with E-state index in [4.69, 9.17) is 19.3 Å². The van der Waals surface area contributed by atoms with E-state index in [1.54, 1.807) is 19.1 Å². The summed E-state index contributed by atoms with van der Waals surface area (Å²) >= 11 is 0. The van der Waals surface area contributed by atoms with Crippen molar-refractivity contribution in [1.29, 1.82) is 0 Å². The number of hydrogen-bond acceptors (Lipinski definition) is 10. The molecule has 47 heavy (non-hydrogen) atoms. The molecule has 2 saturated heterocycles. The third-order valence-electron chi connectivity index (χ3n) is 10.5. The van der Waals surface area contributed by atoms with Crippen molar-refractivity contribution in [2.24, 2.45) is 23.7 Å². The fraction of sp³-hybridized carbons (Fsp3) is 0.833. The second-order valence-electron chi connectivity index (χ2n) is 14.4. The number of aliphatic hydroxyl groups is 3. The largest absolute Gasteiger partial charge is 0.462 e. The number of nitrogens with zero attached hydrogens (tertiary/aromatic N) is 2. The van der Waals surface area contributed by atoms with E-state index < -0.39 is 66.8 Å². The normalized spacial score (nSPS) is 40.9. The minimum atomic E-state index is -1.14. The minimum Gasteiger partial charge on any atom is -0.462 e. The number of carbonyl (C=O) groups excluding carboxylic acids is 2. The van der Waals surface area contributed by atoms with E-state index in [9.17, 15) is 24.9 Å². The smallest absolute Gasteiger partial charge is 0.308 e. The Morgan fingerprint density at radius 3 is 2.38 bits per heavy atom. The van der Waals surface area contributed by atoms with Gasteiger partial charge in [-0.3, -0.25) is 14.5 Å². The second kappa shape index (κ2) is 18.9. The Kier molecular flexibility index (Phi) is 16.0. The molecular weight excluding hydrogens is 604 g/mol. The van der Waals surface area contributed by atoms with Crippen LogP contribution in [0.1, 0.15) is 79.6 Å². The molecule has 0 saturated carbocycles. The molecular formula is C36H63N2O9+. The lowest BCUT2D eigenvalue weighted by Crippen LogP contribution is -2.63. The van der Waals surface area contributed by atoms with Gasteiger partial charge in [0.25, 0.3) is 0 Å². The van der Waals surface area contributed by atoms with Gasteiger partial charge in [0, 0.05) is 17.8 Å². The molecule has 0 radical (unpaired) electrons. The third kappa shape index (κ3) is 11.2. The lowest BCUT2D eigenvalue weighted by molar-refractivity contribution is -0.304. The lowest BCUT2D eigenvalue weighted by atomic mass is 9.79. The highest BCUT2D eigenvalue weighted by Gasteiger charge is 2.49. The number of hydrogen-bond donors (Lipinski definition) is 3. The first-order chi connectivity index (χ1) is 22.3. The fourth-order valence-electron chi connectivity index (χ4n) is 7.42. The Labute approximate surface area is 281 Å². The molecule has 3 aliphatic heterocycles. The fourth-order valence-corrected chi connectivity index (χ4v) is 7.42. The van der Waals surface area contributed by atoms with Crippen molar-refractivity contribution in [3.05, 3.63) is 23.8 Å². The average molecular weight is 668 g/mol. The Hall–Kier alpha value is -1.70. The number of carbonyl (C=O) groups is 2.